The molecule has 0 nitrogen and oxygen atoms in total. The van der Waals surface area contributed by atoms with Crippen LogP contribution in [0.2, 0.25) is 0 Å². The molecule has 28 valence electrons. The summed E-state index contributed by atoms with van der Waals surface area (Å²) in [6.07, 6.45) is 0. The Bertz CT molecular complexity index is 11.6. The van der Waals surface area contributed by atoms with E-state index in [0.717, 1.165) is 0 Å². The second kappa shape index (κ2) is 27.1. The molecule has 5 heavy (non-hydrogen) atoms. The third-order valence-electron chi connectivity index (χ3n) is 0. The molecule has 0 radical (unpaired) electrons. The van der Waals surface area contributed by atoms with Crippen molar-refractivity contribution in [3.8, 4) is 0 Å². The Balaban J connectivity index is 0. The molecule has 5 heteroatoms. The van der Waals surface area contributed by atoms with E-state index in [0.29, 0.717) is 0 Å². The molecular weight excluding hydrogens is 356 g/mol. The molecule has 0 unspecified atom stereocenters. The van der Waals surface area contributed by atoms with Gasteiger partial charge in [0, 0.05) is 19.5 Å². The first kappa shape index (κ1) is 41.7. The summed E-state index contributed by atoms with van der Waals surface area (Å²) in [6.45, 7) is 0. The molecule has 0 saturated heterocycles. The van der Waals surface area contributed by atoms with E-state index in [1.807, 2.05) is 0 Å². The standard InChI is InChI=1S/Al.Ga.In.H2Se.Zn.9H/h;;;1H2;;;;;;;;;;. The van der Waals surface area contributed by atoms with Crippen LogP contribution in [0.15, 0.2) is 0 Å². The minimum Gasteiger partial charge on any atom is 0 e. The van der Waals surface area contributed by atoms with Gasteiger partial charge in [0.1, 0.15) is 0 Å². The fraction of sp³-hybridized carbons (Fsp3) is 0. The first-order chi connectivity index (χ1) is 0. The van der Waals surface area contributed by atoms with E-state index in [9.17, 15) is 0 Å². The summed E-state index contributed by atoms with van der Waals surface area (Å²) >= 11 is 0. The van der Waals surface area contributed by atoms with Crippen LogP contribution in [0, 0.1) is 0 Å². The van der Waals surface area contributed by atoms with E-state index >= 15 is 0 Å². The molecule has 0 aliphatic carbocycles. The van der Waals surface area contributed by atoms with Crippen LogP contribution in [0.25, 0.3) is 0 Å². The van der Waals surface area contributed by atoms with Gasteiger partial charge in [-0.3, -0.25) is 0 Å². The summed E-state index contributed by atoms with van der Waals surface area (Å²) in [5.41, 5.74) is 0. The van der Waals surface area contributed by atoms with Crippen molar-refractivity contribution in [2.24, 2.45) is 0 Å². The Morgan fingerprint density at radius 2 is 1.00 bits per heavy atom. The van der Waals surface area contributed by atoms with Crippen molar-refractivity contribution >= 4 is 80.1 Å². The summed E-state index contributed by atoms with van der Waals surface area (Å²) in [7, 11) is 0. The second-order valence-corrected chi connectivity index (χ2v) is 0. The largest absolute Gasteiger partial charge is 0 e. The molecule has 0 aliphatic heterocycles. The van der Waals surface area contributed by atoms with Gasteiger partial charge in [0.15, 0.2) is 17.4 Å². The van der Waals surface area contributed by atoms with E-state index in [2.05, 4.69) is 0 Å². The zero-order valence-electron chi connectivity index (χ0n) is 1.21. The van der Waals surface area contributed by atoms with Crippen LogP contribution in [-0.2, 0) is 19.5 Å². The molecule has 0 saturated carbocycles. The fourth-order valence-corrected chi connectivity index (χ4v) is 0. The Morgan fingerprint density at radius 3 is 1.00 bits per heavy atom. The maximum atomic E-state index is 0. The fourth-order valence-electron chi connectivity index (χ4n) is 0. The van der Waals surface area contributed by atoms with Crippen molar-refractivity contribution in [1.29, 1.82) is 0 Å². The van der Waals surface area contributed by atoms with Crippen LogP contribution in [0.5, 0.6) is 0 Å². The van der Waals surface area contributed by atoms with Crippen molar-refractivity contribution < 1.29 is 19.5 Å². The SMILES string of the molecule is [AlH3].[GaH3].[InH3].[SeH2].[Zn]. The molecule has 0 aromatic carbocycles. The van der Waals surface area contributed by atoms with E-state index in [4.69, 9.17) is 0 Å². The Kier molecular flexibility index (Phi) is 226. The van der Waals surface area contributed by atoms with Crippen LogP contribution < -0.4 is 0 Å². The molecule has 0 aromatic rings. The van der Waals surface area contributed by atoms with Gasteiger partial charge in [0.2, 0.25) is 0 Å². The molecule has 0 aromatic heterocycles. The van der Waals surface area contributed by atoms with Gasteiger partial charge in [-0.15, -0.1) is 0 Å². The van der Waals surface area contributed by atoms with Gasteiger partial charge in [-0.1, -0.05) is 0 Å². The summed E-state index contributed by atoms with van der Waals surface area (Å²) in [4.78, 5) is 0. The van der Waals surface area contributed by atoms with E-state index in [1.54, 1.807) is 0 Å². The molecule has 0 heterocycles. The molecular formula is H11AlGaInSeZn. The maximum Gasteiger partial charge on any atom is 0 e. The molecule has 0 rings (SSSR count). The predicted molar refractivity (Wildman–Crippen MR) is 38.4 cm³/mol. The Morgan fingerprint density at radius 1 is 1.00 bits per heavy atom. The number of hydrogen-bond donors (Lipinski definition) is 0. The van der Waals surface area contributed by atoms with Gasteiger partial charge >= 0.3 is 62.7 Å². The molecule has 0 N–H and O–H groups in total. The third-order valence-corrected chi connectivity index (χ3v) is 0. The first-order valence-electron chi connectivity index (χ1n) is 0. The second-order valence-electron chi connectivity index (χ2n) is 0. The number of hydrogen-bond acceptors (Lipinski definition) is 0. The van der Waals surface area contributed by atoms with Crippen molar-refractivity contribution in [2.45, 2.75) is 0 Å². The molecule has 0 aliphatic rings. The molecule has 0 atom stereocenters. The first-order valence-corrected chi connectivity index (χ1v) is 0. The average Bonchev–Trinajstić information content (AvgIpc) is 0. The molecule has 0 bridgehead atoms. The zero-order valence-corrected chi connectivity index (χ0v) is 6.27. The average molecular weight is 367 g/mol. The number of rotatable bonds is 0. The van der Waals surface area contributed by atoms with Gasteiger partial charge in [-0.2, -0.15) is 0 Å². The van der Waals surface area contributed by atoms with E-state index in [-0.39, 0.29) is 99.5 Å². The summed E-state index contributed by atoms with van der Waals surface area (Å²) in [6, 6.07) is 0. The van der Waals surface area contributed by atoms with Gasteiger partial charge in [-0.05, 0) is 0 Å². The normalized spacial score (nSPS) is 0. The topological polar surface area (TPSA) is 0 Å². The minimum absolute atomic E-state index is 0. The Hall–Kier alpha value is 3.18. The molecule has 0 fully saturated rings. The summed E-state index contributed by atoms with van der Waals surface area (Å²) < 4.78 is 0. The van der Waals surface area contributed by atoms with E-state index in [1.165, 1.54) is 0 Å². The van der Waals surface area contributed by atoms with Gasteiger partial charge in [-0.25, -0.2) is 0 Å². The zero-order chi connectivity index (χ0) is 0. The van der Waals surface area contributed by atoms with Crippen molar-refractivity contribution in [3.63, 3.8) is 0 Å². The molecule has 0 spiro atoms. The monoisotopic (exact) mass is 366 g/mol. The van der Waals surface area contributed by atoms with Gasteiger partial charge < -0.3 is 0 Å². The van der Waals surface area contributed by atoms with E-state index < -0.39 is 0 Å². The van der Waals surface area contributed by atoms with Crippen molar-refractivity contribution in [1.82, 2.24) is 0 Å². The van der Waals surface area contributed by atoms with Crippen molar-refractivity contribution in [2.75, 3.05) is 0 Å². The van der Waals surface area contributed by atoms with Crippen LogP contribution in [0.4, 0.5) is 0 Å². The van der Waals surface area contributed by atoms with Crippen LogP contribution >= 0.6 is 0 Å². The molecule has 0 amide bonds. The third kappa shape index (κ3) is 19.0. The van der Waals surface area contributed by atoms with Gasteiger partial charge in [0.25, 0.3) is 0 Å². The quantitative estimate of drug-likeness (QED) is 0.379. The van der Waals surface area contributed by atoms with Crippen LogP contribution in [-0.4, -0.2) is 80.1 Å². The summed E-state index contributed by atoms with van der Waals surface area (Å²) in [5, 5.41) is 0. The van der Waals surface area contributed by atoms with Crippen LogP contribution in [0.1, 0.15) is 0 Å². The minimum atomic E-state index is 0. The smallest absolute Gasteiger partial charge is 0 e. The van der Waals surface area contributed by atoms with Crippen LogP contribution in [0.3, 0.4) is 0 Å². The summed E-state index contributed by atoms with van der Waals surface area (Å²) in [5.74, 6) is 0. The Labute approximate surface area is 97.8 Å². The van der Waals surface area contributed by atoms with Gasteiger partial charge in [0.05, 0.1) is 0 Å². The predicted octanol–water partition coefficient (Wildman–Crippen LogP) is -4.47. The maximum absolute atomic E-state index is 0. The van der Waals surface area contributed by atoms with Crippen molar-refractivity contribution in [3.05, 3.63) is 0 Å².